The van der Waals surface area contributed by atoms with Gasteiger partial charge in [0.2, 0.25) is 0 Å². The summed E-state index contributed by atoms with van der Waals surface area (Å²) in [6, 6.07) is 0.254. The first-order chi connectivity index (χ1) is 6.24. The standard InChI is InChI=1S/C9H21NO3/c1-8(5-11-3)13-7-9(10-2)6-12-4/h8-10H,5-7H2,1-4H3. The van der Waals surface area contributed by atoms with E-state index in [2.05, 4.69) is 5.32 Å². The Bertz CT molecular complexity index is 111. The highest BCUT2D eigenvalue weighted by atomic mass is 16.5. The molecular formula is C9H21NO3. The molecule has 0 radical (unpaired) electrons. The highest BCUT2D eigenvalue weighted by molar-refractivity contribution is 4.62. The molecule has 0 aliphatic heterocycles. The smallest absolute Gasteiger partial charge is 0.0781 e. The number of likely N-dealkylation sites (N-methyl/N-ethyl adjacent to an activating group) is 1. The molecule has 80 valence electrons. The van der Waals surface area contributed by atoms with Crippen molar-refractivity contribution >= 4 is 0 Å². The summed E-state index contributed by atoms with van der Waals surface area (Å²) in [6.45, 7) is 3.93. The maximum Gasteiger partial charge on any atom is 0.0781 e. The maximum absolute atomic E-state index is 5.52. The maximum atomic E-state index is 5.52. The van der Waals surface area contributed by atoms with Crippen LogP contribution >= 0.6 is 0 Å². The molecule has 0 saturated heterocycles. The molecule has 0 aliphatic rings. The lowest BCUT2D eigenvalue weighted by molar-refractivity contribution is -0.00859. The predicted octanol–water partition coefficient (Wildman–Crippen LogP) is 0.272. The van der Waals surface area contributed by atoms with E-state index in [0.29, 0.717) is 19.8 Å². The van der Waals surface area contributed by atoms with E-state index in [9.17, 15) is 0 Å². The molecule has 0 amide bonds. The molecule has 0 bridgehead atoms. The molecule has 0 aromatic heterocycles. The molecule has 2 unspecified atom stereocenters. The first kappa shape index (κ1) is 12.8. The van der Waals surface area contributed by atoms with E-state index in [0.717, 1.165) is 0 Å². The van der Waals surface area contributed by atoms with Gasteiger partial charge in [-0.05, 0) is 14.0 Å². The van der Waals surface area contributed by atoms with Crippen LogP contribution in [0.3, 0.4) is 0 Å². The Balaban J connectivity index is 3.46. The second-order valence-corrected chi connectivity index (χ2v) is 3.04. The minimum absolute atomic E-state index is 0.137. The van der Waals surface area contributed by atoms with Gasteiger partial charge < -0.3 is 19.5 Å². The number of hydrogen-bond donors (Lipinski definition) is 1. The molecule has 0 rings (SSSR count). The van der Waals surface area contributed by atoms with Crippen LogP contribution in [0.1, 0.15) is 6.92 Å². The van der Waals surface area contributed by atoms with Crippen LogP contribution < -0.4 is 5.32 Å². The summed E-state index contributed by atoms with van der Waals surface area (Å²) < 4.78 is 15.5. The summed E-state index contributed by atoms with van der Waals surface area (Å²) >= 11 is 0. The van der Waals surface area contributed by atoms with Gasteiger partial charge in [-0.2, -0.15) is 0 Å². The van der Waals surface area contributed by atoms with E-state index in [1.165, 1.54) is 0 Å². The third kappa shape index (κ3) is 6.95. The fraction of sp³-hybridized carbons (Fsp3) is 1.00. The molecule has 2 atom stereocenters. The summed E-state index contributed by atoms with van der Waals surface area (Å²) in [5.41, 5.74) is 0. The van der Waals surface area contributed by atoms with E-state index in [1.807, 2.05) is 14.0 Å². The molecule has 4 nitrogen and oxygen atoms in total. The molecule has 13 heavy (non-hydrogen) atoms. The molecule has 4 heteroatoms. The molecular weight excluding hydrogens is 170 g/mol. The van der Waals surface area contributed by atoms with Crippen molar-refractivity contribution in [2.45, 2.75) is 19.1 Å². The van der Waals surface area contributed by atoms with Crippen LogP contribution in [0.5, 0.6) is 0 Å². The summed E-state index contributed by atoms with van der Waals surface area (Å²) in [5.74, 6) is 0. The predicted molar refractivity (Wildman–Crippen MR) is 52.0 cm³/mol. The summed E-state index contributed by atoms with van der Waals surface area (Å²) in [7, 11) is 5.25. The van der Waals surface area contributed by atoms with Crippen molar-refractivity contribution in [2.75, 3.05) is 41.1 Å². The lowest BCUT2D eigenvalue weighted by Gasteiger charge is -2.18. The number of methoxy groups -OCH3 is 2. The zero-order valence-electron chi connectivity index (χ0n) is 9.00. The second-order valence-electron chi connectivity index (χ2n) is 3.04. The third-order valence-corrected chi connectivity index (χ3v) is 1.76. The Kier molecular flexibility index (Phi) is 8.33. The van der Waals surface area contributed by atoms with Crippen molar-refractivity contribution in [3.8, 4) is 0 Å². The number of hydrogen-bond acceptors (Lipinski definition) is 4. The van der Waals surface area contributed by atoms with Crippen LogP contribution in [0.4, 0.5) is 0 Å². The molecule has 0 fully saturated rings. The summed E-state index contributed by atoms with van der Waals surface area (Å²) in [5, 5.41) is 3.11. The van der Waals surface area contributed by atoms with Gasteiger partial charge in [0.05, 0.1) is 32.0 Å². The minimum atomic E-state index is 0.137. The van der Waals surface area contributed by atoms with Gasteiger partial charge in [-0.1, -0.05) is 0 Å². The van der Waals surface area contributed by atoms with Crippen molar-refractivity contribution in [1.29, 1.82) is 0 Å². The van der Waals surface area contributed by atoms with E-state index in [-0.39, 0.29) is 12.1 Å². The summed E-state index contributed by atoms with van der Waals surface area (Å²) in [4.78, 5) is 0. The van der Waals surface area contributed by atoms with Gasteiger partial charge in [-0.15, -0.1) is 0 Å². The molecule has 0 spiro atoms. The average Bonchev–Trinajstić information content (AvgIpc) is 2.12. The van der Waals surface area contributed by atoms with E-state index >= 15 is 0 Å². The number of nitrogens with one attached hydrogen (secondary N) is 1. The average molecular weight is 191 g/mol. The molecule has 0 aromatic rings. The van der Waals surface area contributed by atoms with Crippen molar-refractivity contribution in [2.24, 2.45) is 0 Å². The molecule has 1 N–H and O–H groups in total. The Hall–Kier alpha value is -0.160. The Morgan fingerprint density at radius 3 is 2.15 bits per heavy atom. The zero-order chi connectivity index (χ0) is 10.1. The zero-order valence-corrected chi connectivity index (χ0v) is 9.00. The Labute approximate surface area is 80.5 Å². The van der Waals surface area contributed by atoms with Crippen LogP contribution in [-0.4, -0.2) is 53.2 Å². The fourth-order valence-electron chi connectivity index (χ4n) is 0.979. The van der Waals surface area contributed by atoms with Gasteiger partial charge in [0.25, 0.3) is 0 Å². The quantitative estimate of drug-likeness (QED) is 0.598. The van der Waals surface area contributed by atoms with Crippen molar-refractivity contribution in [3.63, 3.8) is 0 Å². The first-order valence-electron chi connectivity index (χ1n) is 4.51. The van der Waals surface area contributed by atoms with E-state index < -0.39 is 0 Å². The number of rotatable bonds is 8. The highest BCUT2D eigenvalue weighted by Crippen LogP contribution is 1.94. The lowest BCUT2D eigenvalue weighted by atomic mass is 10.3. The molecule has 0 aromatic carbocycles. The Morgan fingerprint density at radius 2 is 1.69 bits per heavy atom. The van der Waals surface area contributed by atoms with Gasteiger partial charge in [-0.3, -0.25) is 0 Å². The molecule has 0 aliphatic carbocycles. The van der Waals surface area contributed by atoms with Crippen LogP contribution in [0.25, 0.3) is 0 Å². The highest BCUT2D eigenvalue weighted by Gasteiger charge is 2.08. The molecule has 0 heterocycles. The minimum Gasteiger partial charge on any atom is -0.383 e. The summed E-state index contributed by atoms with van der Waals surface area (Å²) in [6.07, 6.45) is 0.137. The van der Waals surface area contributed by atoms with Gasteiger partial charge in [-0.25, -0.2) is 0 Å². The monoisotopic (exact) mass is 191 g/mol. The fourth-order valence-corrected chi connectivity index (χ4v) is 0.979. The third-order valence-electron chi connectivity index (χ3n) is 1.76. The van der Waals surface area contributed by atoms with Crippen LogP contribution in [0, 0.1) is 0 Å². The van der Waals surface area contributed by atoms with Crippen LogP contribution in [0.2, 0.25) is 0 Å². The normalized spacial score (nSPS) is 15.7. The van der Waals surface area contributed by atoms with E-state index in [4.69, 9.17) is 14.2 Å². The molecule has 0 saturated carbocycles. The Morgan fingerprint density at radius 1 is 1.08 bits per heavy atom. The van der Waals surface area contributed by atoms with Crippen LogP contribution in [0.15, 0.2) is 0 Å². The largest absolute Gasteiger partial charge is 0.383 e. The van der Waals surface area contributed by atoms with Crippen molar-refractivity contribution in [3.05, 3.63) is 0 Å². The first-order valence-corrected chi connectivity index (χ1v) is 4.51. The topological polar surface area (TPSA) is 39.7 Å². The van der Waals surface area contributed by atoms with Gasteiger partial charge >= 0.3 is 0 Å². The lowest BCUT2D eigenvalue weighted by Crippen LogP contribution is -2.36. The van der Waals surface area contributed by atoms with Crippen LogP contribution in [-0.2, 0) is 14.2 Å². The van der Waals surface area contributed by atoms with Crippen molar-refractivity contribution < 1.29 is 14.2 Å². The number of ether oxygens (including phenoxy) is 3. The van der Waals surface area contributed by atoms with Gasteiger partial charge in [0.1, 0.15) is 0 Å². The van der Waals surface area contributed by atoms with E-state index in [1.54, 1.807) is 14.2 Å². The second kappa shape index (κ2) is 8.44. The van der Waals surface area contributed by atoms with Gasteiger partial charge in [0, 0.05) is 14.2 Å². The van der Waals surface area contributed by atoms with Gasteiger partial charge in [0.15, 0.2) is 0 Å². The SMILES string of the molecule is CNC(COC)COC(C)COC. The van der Waals surface area contributed by atoms with Crippen molar-refractivity contribution in [1.82, 2.24) is 5.32 Å².